The molecule has 4 amide bonds. The van der Waals surface area contributed by atoms with Gasteiger partial charge in [0.25, 0.3) is 0 Å². The summed E-state index contributed by atoms with van der Waals surface area (Å²) < 4.78 is 0. The maximum Gasteiger partial charge on any atom is 0.331 e. The molecule has 1 N–H and O–H groups in total. The molecule has 5 heteroatoms. The van der Waals surface area contributed by atoms with Crippen LogP contribution >= 0.6 is 0 Å². The number of hydrogen-bond acceptors (Lipinski definition) is 3. The number of carbonyl (C=O) groups excluding carboxylic acids is 3. The van der Waals surface area contributed by atoms with Gasteiger partial charge in [-0.3, -0.25) is 19.8 Å². The predicted octanol–water partition coefficient (Wildman–Crippen LogP) is 1.57. The van der Waals surface area contributed by atoms with Gasteiger partial charge in [-0.05, 0) is 26.3 Å². The summed E-state index contributed by atoms with van der Waals surface area (Å²) in [5.41, 5.74) is 1.65. The molecular weight excluding hydrogens is 244 g/mol. The Morgan fingerprint density at radius 1 is 1.11 bits per heavy atom. The van der Waals surface area contributed by atoms with Gasteiger partial charge in [0, 0.05) is 6.04 Å². The zero-order valence-corrected chi connectivity index (χ0v) is 11.1. The molecule has 0 radical (unpaired) electrons. The van der Waals surface area contributed by atoms with Crippen molar-refractivity contribution in [2.45, 2.75) is 32.7 Å². The van der Waals surface area contributed by atoms with Crippen LogP contribution in [0, 0.1) is 6.92 Å². The molecule has 5 nitrogen and oxygen atoms in total. The quantitative estimate of drug-likeness (QED) is 0.821. The molecule has 1 aromatic carbocycles. The number of carbonyl (C=O) groups is 3. The van der Waals surface area contributed by atoms with Gasteiger partial charge < -0.3 is 0 Å². The first-order valence-corrected chi connectivity index (χ1v) is 6.16. The van der Waals surface area contributed by atoms with Crippen LogP contribution in [-0.2, 0) is 9.59 Å². The van der Waals surface area contributed by atoms with E-state index in [0.717, 1.165) is 10.5 Å². The zero-order valence-electron chi connectivity index (χ0n) is 11.1. The number of barbiturate groups is 1. The van der Waals surface area contributed by atoms with Gasteiger partial charge in [-0.1, -0.05) is 29.8 Å². The monoisotopic (exact) mass is 260 g/mol. The minimum Gasteiger partial charge on any atom is -0.277 e. The van der Waals surface area contributed by atoms with Gasteiger partial charge in [0.1, 0.15) is 5.92 Å². The first-order chi connectivity index (χ1) is 8.91. The molecule has 1 fully saturated rings. The molecule has 0 bridgehead atoms. The minimum absolute atomic E-state index is 0.284. The molecule has 1 heterocycles. The Balaban J connectivity index is 2.38. The fraction of sp³-hybridized carbons (Fsp3) is 0.357. The summed E-state index contributed by atoms with van der Waals surface area (Å²) in [6, 6.07) is 6.23. The topological polar surface area (TPSA) is 66.5 Å². The number of imide groups is 2. The molecule has 0 aromatic heterocycles. The minimum atomic E-state index is -0.944. The Labute approximate surface area is 111 Å². The molecule has 2 rings (SSSR count). The number of amides is 4. The lowest BCUT2D eigenvalue weighted by Gasteiger charge is -2.32. The molecule has 0 saturated carbocycles. The molecule has 1 aromatic rings. The van der Waals surface area contributed by atoms with Crippen LogP contribution in [0.4, 0.5) is 4.79 Å². The second kappa shape index (κ2) is 4.84. The maximum atomic E-state index is 12.3. The van der Waals surface area contributed by atoms with Crippen LogP contribution in [0.1, 0.15) is 30.9 Å². The molecule has 1 saturated heterocycles. The number of aryl methyl sites for hydroxylation is 1. The van der Waals surface area contributed by atoms with E-state index in [1.807, 2.05) is 19.1 Å². The lowest BCUT2D eigenvalue weighted by molar-refractivity contribution is -0.139. The number of nitrogens with one attached hydrogen (secondary N) is 1. The largest absolute Gasteiger partial charge is 0.331 e. The van der Waals surface area contributed by atoms with Gasteiger partial charge in [0.2, 0.25) is 11.8 Å². The van der Waals surface area contributed by atoms with Crippen LogP contribution in [-0.4, -0.2) is 28.8 Å². The van der Waals surface area contributed by atoms with E-state index in [-0.39, 0.29) is 6.04 Å². The van der Waals surface area contributed by atoms with Crippen LogP contribution in [0.15, 0.2) is 24.3 Å². The summed E-state index contributed by atoms with van der Waals surface area (Å²) in [6.07, 6.45) is 0. The zero-order chi connectivity index (χ0) is 14.2. The summed E-state index contributed by atoms with van der Waals surface area (Å²) in [5, 5.41) is 2.23. The SMILES string of the molecule is Cc1ccc(C2C(=O)NC(=O)N(C(C)C)C2=O)cc1. The van der Waals surface area contributed by atoms with Crippen molar-refractivity contribution in [3.63, 3.8) is 0 Å². The molecule has 0 aliphatic carbocycles. The average Bonchev–Trinajstić information content (AvgIpc) is 2.30. The van der Waals surface area contributed by atoms with E-state index in [1.54, 1.807) is 26.0 Å². The number of nitrogens with zero attached hydrogens (tertiary/aromatic N) is 1. The highest BCUT2D eigenvalue weighted by molar-refractivity contribution is 6.19. The number of hydrogen-bond donors (Lipinski definition) is 1. The highest BCUT2D eigenvalue weighted by Crippen LogP contribution is 2.24. The highest BCUT2D eigenvalue weighted by atomic mass is 16.2. The third kappa shape index (κ3) is 2.36. The van der Waals surface area contributed by atoms with Gasteiger partial charge >= 0.3 is 6.03 Å². The predicted molar refractivity (Wildman–Crippen MR) is 69.4 cm³/mol. The Bertz CT molecular complexity index is 534. The van der Waals surface area contributed by atoms with Gasteiger partial charge in [-0.25, -0.2) is 4.79 Å². The summed E-state index contributed by atoms with van der Waals surface area (Å²) in [5.74, 6) is -1.97. The molecule has 0 spiro atoms. The Morgan fingerprint density at radius 2 is 1.68 bits per heavy atom. The van der Waals surface area contributed by atoms with Gasteiger partial charge in [0.15, 0.2) is 0 Å². The fourth-order valence-corrected chi connectivity index (χ4v) is 2.13. The summed E-state index contributed by atoms with van der Waals surface area (Å²) in [4.78, 5) is 37.0. The Kier molecular flexibility index (Phi) is 3.38. The fourth-order valence-electron chi connectivity index (χ4n) is 2.13. The molecule has 1 aliphatic rings. The van der Waals surface area contributed by atoms with Crippen molar-refractivity contribution in [2.75, 3.05) is 0 Å². The van der Waals surface area contributed by atoms with Gasteiger partial charge in [-0.2, -0.15) is 0 Å². The van der Waals surface area contributed by atoms with Gasteiger partial charge in [0.05, 0.1) is 0 Å². The highest BCUT2D eigenvalue weighted by Gasteiger charge is 2.42. The van der Waals surface area contributed by atoms with Gasteiger partial charge in [-0.15, -0.1) is 0 Å². The van der Waals surface area contributed by atoms with Crippen molar-refractivity contribution in [1.82, 2.24) is 10.2 Å². The third-order valence-corrected chi connectivity index (χ3v) is 3.12. The Hall–Kier alpha value is -2.17. The third-order valence-electron chi connectivity index (χ3n) is 3.12. The summed E-state index contributed by atoms with van der Waals surface area (Å²) in [7, 11) is 0. The lowest BCUT2D eigenvalue weighted by atomic mass is 9.94. The summed E-state index contributed by atoms with van der Waals surface area (Å²) in [6.45, 7) is 5.40. The first kappa shape index (κ1) is 13.3. The van der Waals surface area contributed by atoms with Crippen LogP contribution < -0.4 is 5.32 Å². The second-order valence-corrected chi connectivity index (χ2v) is 4.94. The van der Waals surface area contributed by atoms with E-state index in [9.17, 15) is 14.4 Å². The molecule has 100 valence electrons. The molecule has 19 heavy (non-hydrogen) atoms. The van der Waals surface area contributed by atoms with E-state index in [4.69, 9.17) is 0 Å². The Morgan fingerprint density at radius 3 is 2.21 bits per heavy atom. The smallest absolute Gasteiger partial charge is 0.277 e. The van der Waals surface area contributed by atoms with E-state index in [2.05, 4.69) is 5.32 Å². The van der Waals surface area contributed by atoms with Crippen LogP contribution in [0.25, 0.3) is 0 Å². The average molecular weight is 260 g/mol. The van der Waals surface area contributed by atoms with Crippen molar-refractivity contribution < 1.29 is 14.4 Å². The number of rotatable bonds is 2. The van der Waals surface area contributed by atoms with Crippen molar-refractivity contribution in [2.24, 2.45) is 0 Å². The molecular formula is C14H16N2O3. The summed E-state index contributed by atoms with van der Waals surface area (Å²) >= 11 is 0. The maximum absolute atomic E-state index is 12.3. The van der Waals surface area contributed by atoms with Crippen molar-refractivity contribution in [3.05, 3.63) is 35.4 Å². The lowest BCUT2D eigenvalue weighted by Crippen LogP contribution is -2.58. The van der Waals surface area contributed by atoms with E-state index < -0.39 is 23.8 Å². The molecule has 1 aliphatic heterocycles. The van der Waals surface area contributed by atoms with Crippen LogP contribution in [0.2, 0.25) is 0 Å². The van der Waals surface area contributed by atoms with E-state index >= 15 is 0 Å². The standard InChI is InChI=1S/C14H16N2O3/c1-8(2)16-13(18)11(12(17)15-14(16)19)10-6-4-9(3)5-7-10/h4-8,11H,1-3H3,(H,15,17,19). The van der Waals surface area contributed by atoms with Crippen LogP contribution in [0.3, 0.4) is 0 Å². The normalized spacial score (nSPS) is 19.9. The van der Waals surface area contributed by atoms with Crippen LogP contribution in [0.5, 0.6) is 0 Å². The second-order valence-electron chi connectivity index (χ2n) is 4.94. The van der Waals surface area contributed by atoms with Crippen molar-refractivity contribution in [1.29, 1.82) is 0 Å². The van der Waals surface area contributed by atoms with E-state index in [0.29, 0.717) is 5.56 Å². The van der Waals surface area contributed by atoms with E-state index in [1.165, 1.54) is 0 Å². The molecule has 1 unspecified atom stereocenters. The molecule has 1 atom stereocenters. The first-order valence-electron chi connectivity index (χ1n) is 6.16. The van der Waals surface area contributed by atoms with Crippen molar-refractivity contribution >= 4 is 17.8 Å². The number of benzene rings is 1. The van der Waals surface area contributed by atoms with Crippen molar-refractivity contribution in [3.8, 4) is 0 Å². The number of urea groups is 1.